The van der Waals surface area contributed by atoms with E-state index in [0.717, 1.165) is 37.4 Å². The standard InChI is InChI=1S/C22H36ClN3O2/c1-22(2,3)28-21(27)25(6)13-12-20(17-8-7-9-18(23)16-17)26-14-10-19(11-15-26)24(4)5/h7-9,16,19-20H,10-15H2,1-6H3/t20-/m0/s1. The zero-order chi connectivity index (χ0) is 20.9. The van der Waals surface area contributed by atoms with E-state index in [9.17, 15) is 4.79 Å². The maximum Gasteiger partial charge on any atom is 0.410 e. The van der Waals surface area contributed by atoms with Crippen LogP contribution in [-0.4, -0.2) is 73.2 Å². The minimum absolute atomic E-state index is 0.242. The van der Waals surface area contributed by atoms with E-state index in [0.29, 0.717) is 12.6 Å². The van der Waals surface area contributed by atoms with Crippen molar-refractivity contribution in [1.29, 1.82) is 0 Å². The van der Waals surface area contributed by atoms with Crippen LogP contribution in [-0.2, 0) is 4.74 Å². The van der Waals surface area contributed by atoms with Crippen molar-refractivity contribution in [3.8, 4) is 0 Å². The van der Waals surface area contributed by atoms with Crippen molar-refractivity contribution in [2.45, 2.75) is 57.7 Å². The number of piperidine rings is 1. The van der Waals surface area contributed by atoms with Gasteiger partial charge in [0.15, 0.2) is 0 Å². The third kappa shape index (κ3) is 6.94. The molecule has 2 rings (SSSR count). The number of hydrogen-bond donors (Lipinski definition) is 0. The Morgan fingerprint density at radius 1 is 1.25 bits per heavy atom. The molecule has 5 nitrogen and oxygen atoms in total. The molecule has 1 aliphatic rings. The summed E-state index contributed by atoms with van der Waals surface area (Å²) < 4.78 is 5.49. The summed E-state index contributed by atoms with van der Waals surface area (Å²) in [5.74, 6) is 0. The second-order valence-electron chi connectivity index (χ2n) is 8.99. The molecule has 28 heavy (non-hydrogen) atoms. The molecule has 6 heteroatoms. The summed E-state index contributed by atoms with van der Waals surface area (Å²) >= 11 is 6.27. The number of carbonyl (C=O) groups excluding carboxylic acids is 1. The lowest BCUT2D eigenvalue weighted by atomic mass is 9.96. The monoisotopic (exact) mass is 409 g/mol. The minimum Gasteiger partial charge on any atom is -0.444 e. The van der Waals surface area contributed by atoms with Gasteiger partial charge in [-0.1, -0.05) is 23.7 Å². The lowest BCUT2D eigenvalue weighted by molar-refractivity contribution is 0.0273. The molecule has 0 aliphatic carbocycles. The zero-order valence-corrected chi connectivity index (χ0v) is 19.0. The maximum absolute atomic E-state index is 12.3. The second-order valence-corrected chi connectivity index (χ2v) is 9.43. The van der Waals surface area contributed by atoms with Crippen LogP contribution in [0.2, 0.25) is 5.02 Å². The average Bonchev–Trinajstić information content (AvgIpc) is 2.60. The summed E-state index contributed by atoms with van der Waals surface area (Å²) in [5.41, 5.74) is 0.736. The maximum atomic E-state index is 12.3. The molecule has 0 N–H and O–H groups in total. The molecule has 1 fully saturated rings. The van der Waals surface area contributed by atoms with E-state index in [1.807, 2.05) is 32.9 Å². The van der Waals surface area contributed by atoms with Crippen LogP contribution in [0.1, 0.15) is 51.6 Å². The number of amides is 1. The Morgan fingerprint density at radius 2 is 1.89 bits per heavy atom. The van der Waals surface area contributed by atoms with Gasteiger partial charge in [0.2, 0.25) is 0 Å². The van der Waals surface area contributed by atoms with Gasteiger partial charge in [-0.25, -0.2) is 4.79 Å². The number of nitrogens with zero attached hydrogens (tertiary/aromatic N) is 3. The van der Waals surface area contributed by atoms with Gasteiger partial charge in [-0.15, -0.1) is 0 Å². The Bertz CT molecular complexity index is 637. The largest absolute Gasteiger partial charge is 0.444 e. The number of ether oxygens (including phenoxy) is 1. The van der Waals surface area contributed by atoms with E-state index in [1.165, 1.54) is 5.56 Å². The molecule has 1 aliphatic heterocycles. The smallest absolute Gasteiger partial charge is 0.410 e. The number of rotatable bonds is 6. The molecule has 0 spiro atoms. The van der Waals surface area contributed by atoms with Crippen LogP contribution in [0.15, 0.2) is 24.3 Å². The fourth-order valence-corrected chi connectivity index (χ4v) is 3.93. The van der Waals surface area contributed by atoms with Crippen LogP contribution < -0.4 is 0 Å². The summed E-state index contributed by atoms with van der Waals surface area (Å²) in [5, 5.41) is 0.756. The first-order valence-corrected chi connectivity index (χ1v) is 10.5. The minimum atomic E-state index is -0.480. The molecule has 1 aromatic carbocycles. The second kappa shape index (κ2) is 9.95. The SMILES string of the molecule is CN(CC[C@@H](c1cccc(Cl)c1)N1CCC(N(C)C)CC1)C(=O)OC(C)(C)C. The summed E-state index contributed by atoms with van der Waals surface area (Å²) in [6.45, 7) is 8.42. The predicted molar refractivity (Wildman–Crippen MR) is 116 cm³/mol. The predicted octanol–water partition coefficient (Wildman–Crippen LogP) is 4.66. The summed E-state index contributed by atoms with van der Waals surface area (Å²) in [6.07, 6.45) is 2.89. The third-order valence-electron chi connectivity index (χ3n) is 5.35. The Balaban J connectivity index is 2.06. The molecule has 1 atom stereocenters. The Morgan fingerprint density at radius 3 is 2.43 bits per heavy atom. The van der Waals surface area contributed by atoms with E-state index in [1.54, 1.807) is 11.9 Å². The van der Waals surface area contributed by atoms with E-state index >= 15 is 0 Å². The van der Waals surface area contributed by atoms with Gasteiger partial charge in [0, 0.05) is 43.8 Å². The molecule has 0 radical (unpaired) electrons. The number of likely N-dealkylation sites (tertiary alicyclic amines) is 1. The van der Waals surface area contributed by atoms with Crippen molar-refractivity contribution >= 4 is 17.7 Å². The van der Waals surface area contributed by atoms with E-state index in [4.69, 9.17) is 16.3 Å². The fourth-order valence-electron chi connectivity index (χ4n) is 3.73. The zero-order valence-electron chi connectivity index (χ0n) is 18.2. The van der Waals surface area contributed by atoms with E-state index in [-0.39, 0.29) is 12.1 Å². The lowest BCUT2D eigenvalue weighted by Crippen LogP contribution is -2.44. The molecule has 1 heterocycles. The summed E-state index contributed by atoms with van der Waals surface area (Å²) in [6, 6.07) is 8.99. The van der Waals surface area contributed by atoms with Gasteiger partial charge in [0.25, 0.3) is 0 Å². The molecule has 0 saturated carbocycles. The first-order chi connectivity index (χ1) is 13.1. The van der Waals surface area contributed by atoms with Crippen molar-refractivity contribution in [3.63, 3.8) is 0 Å². The highest BCUT2D eigenvalue weighted by molar-refractivity contribution is 6.30. The quantitative estimate of drug-likeness (QED) is 0.684. The molecular weight excluding hydrogens is 374 g/mol. The van der Waals surface area contributed by atoms with Crippen molar-refractivity contribution in [2.24, 2.45) is 0 Å². The van der Waals surface area contributed by atoms with Gasteiger partial charge in [-0.3, -0.25) is 4.90 Å². The van der Waals surface area contributed by atoms with Crippen LogP contribution in [0.5, 0.6) is 0 Å². The molecule has 0 bridgehead atoms. The van der Waals surface area contributed by atoms with Crippen LogP contribution in [0.3, 0.4) is 0 Å². The van der Waals surface area contributed by atoms with Gasteiger partial charge in [0.1, 0.15) is 5.60 Å². The highest BCUT2D eigenvalue weighted by Gasteiger charge is 2.28. The van der Waals surface area contributed by atoms with Gasteiger partial charge >= 0.3 is 6.09 Å². The highest BCUT2D eigenvalue weighted by Crippen LogP contribution is 2.30. The lowest BCUT2D eigenvalue weighted by Gasteiger charge is -2.40. The van der Waals surface area contributed by atoms with Crippen LogP contribution in [0, 0.1) is 0 Å². The van der Waals surface area contributed by atoms with Gasteiger partial charge in [-0.05, 0) is 71.8 Å². The van der Waals surface area contributed by atoms with E-state index in [2.05, 4.69) is 36.0 Å². The molecule has 0 aromatic heterocycles. The topological polar surface area (TPSA) is 36.0 Å². The van der Waals surface area contributed by atoms with Gasteiger partial charge in [0.05, 0.1) is 0 Å². The molecule has 1 amide bonds. The van der Waals surface area contributed by atoms with Crippen LogP contribution in [0.4, 0.5) is 4.79 Å². The van der Waals surface area contributed by atoms with Gasteiger partial charge < -0.3 is 14.5 Å². The molecule has 0 unspecified atom stereocenters. The fraction of sp³-hybridized carbons (Fsp3) is 0.682. The van der Waals surface area contributed by atoms with Crippen molar-refractivity contribution < 1.29 is 9.53 Å². The normalized spacial score (nSPS) is 17.6. The van der Waals surface area contributed by atoms with Gasteiger partial charge in [-0.2, -0.15) is 0 Å². The number of hydrogen-bond acceptors (Lipinski definition) is 4. The number of benzene rings is 1. The Labute approximate surface area is 175 Å². The summed E-state index contributed by atoms with van der Waals surface area (Å²) in [4.78, 5) is 18.9. The van der Waals surface area contributed by atoms with Crippen LogP contribution in [0.25, 0.3) is 0 Å². The van der Waals surface area contributed by atoms with Crippen molar-refractivity contribution in [1.82, 2.24) is 14.7 Å². The molecule has 1 saturated heterocycles. The Kier molecular flexibility index (Phi) is 8.17. The van der Waals surface area contributed by atoms with Crippen molar-refractivity contribution in [3.05, 3.63) is 34.9 Å². The first kappa shape index (κ1) is 23.0. The number of halogens is 1. The molecule has 158 valence electrons. The van der Waals surface area contributed by atoms with Crippen LogP contribution >= 0.6 is 11.6 Å². The Hall–Kier alpha value is -1.30. The molecule has 1 aromatic rings. The first-order valence-electron chi connectivity index (χ1n) is 10.2. The average molecular weight is 410 g/mol. The van der Waals surface area contributed by atoms with Crippen molar-refractivity contribution in [2.75, 3.05) is 40.8 Å². The third-order valence-corrected chi connectivity index (χ3v) is 5.58. The highest BCUT2D eigenvalue weighted by atomic mass is 35.5. The number of carbonyl (C=O) groups is 1. The molecular formula is C22H36ClN3O2. The van der Waals surface area contributed by atoms with E-state index < -0.39 is 5.60 Å². The summed E-state index contributed by atoms with van der Waals surface area (Å²) in [7, 11) is 6.12.